The molecule has 4 rings (SSSR count). The van der Waals surface area contributed by atoms with E-state index in [9.17, 15) is 4.79 Å². The van der Waals surface area contributed by atoms with Gasteiger partial charge in [0.25, 0.3) is 0 Å². The fourth-order valence-corrected chi connectivity index (χ4v) is 3.75. The maximum atomic E-state index is 12.8. The molecule has 5 heteroatoms. The Morgan fingerprint density at radius 1 is 1.35 bits per heavy atom. The lowest BCUT2D eigenvalue weighted by molar-refractivity contribution is -0.134. The molecule has 2 heterocycles. The number of aromatic nitrogens is 3. The van der Waals surface area contributed by atoms with E-state index in [1.54, 1.807) is 12.7 Å². The van der Waals surface area contributed by atoms with Gasteiger partial charge in [-0.15, -0.1) is 0 Å². The van der Waals surface area contributed by atoms with Crippen LogP contribution in [-0.4, -0.2) is 38.7 Å². The first kappa shape index (κ1) is 14.4. The van der Waals surface area contributed by atoms with Crippen LogP contribution in [0.25, 0.3) is 0 Å². The lowest BCUT2D eigenvalue weighted by Crippen LogP contribution is -2.41. The van der Waals surface area contributed by atoms with Crippen molar-refractivity contribution >= 4 is 5.91 Å². The average molecular weight is 310 g/mol. The Morgan fingerprint density at radius 2 is 2.26 bits per heavy atom. The van der Waals surface area contributed by atoms with E-state index in [-0.39, 0.29) is 12.0 Å². The molecule has 1 aromatic heterocycles. The van der Waals surface area contributed by atoms with Crippen LogP contribution in [0.1, 0.15) is 42.3 Å². The van der Waals surface area contributed by atoms with E-state index in [4.69, 9.17) is 0 Å². The van der Waals surface area contributed by atoms with E-state index in [2.05, 4.69) is 41.3 Å². The minimum absolute atomic E-state index is 0.172. The van der Waals surface area contributed by atoms with E-state index < -0.39 is 0 Å². The van der Waals surface area contributed by atoms with Gasteiger partial charge >= 0.3 is 0 Å². The van der Waals surface area contributed by atoms with E-state index >= 15 is 0 Å². The number of carbonyl (C=O) groups excluding carboxylic acids is 1. The highest BCUT2D eigenvalue weighted by Gasteiger charge is 2.46. The number of hydrogen-bond acceptors (Lipinski definition) is 3. The second-order valence-corrected chi connectivity index (χ2v) is 6.82. The molecule has 1 saturated carbocycles. The van der Waals surface area contributed by atoms with Gasteiger partial charge in [-0.3, -0.25) is 4.79 Å². The van der Waals surface area contributed by atoms with Crippen molar-refractivity contribution in [2.24, 2.45) is 5.92 Å². The number of nitrogens with zero attached hydrogens (tertiary/aromatic N) is 4. The molecular formula is C18H22N4O. The molecule has 1 aliphatic carbocycles. The fourth-order valence-electron chi connectivity index (χ4n) is 3.75. The van der Waals surface area contributed by atoms with Crippen molar-refractivity contribution < 1.29 is 4.79 Å². The molecule has 0 radical (unpaired) electrons. The highest BCUT2D eigenvalue weighted by molar-refractivity contribution is 5.83. The van der Waals surface area contributed by atoms with Gasteiger partial charge in [-0.05, 0) is 37.7 Å². The molecule has 0 bridgehead atoms. The molecule has 2 aromatic rings. The number of carbonyl (C=O) groups is 1. The van der Waals surface area contributed by atoms with Crippen molar-refractivity contribution in [2.45, 2.75) is 38.1 Å². The SMILES string of the molecule is Cc1cccc([C@@H]2C[C@@H]2C(=O)N2CCC[C@@H](n3cncn3)C2)c1. The predicted octanol–water partition coefficient (Wildman–Crippen LogP) is 2.55. The predicted molar refractivity (Wildman–Crippen MR) is 86.9 cm³/mol. The van der Waals surface area contributed by atoms with Crippen LogP contribution in [0, 0.1) is 12.8 Å². The number of aryl methyl sites for hydroxylation is 1. The van der Waals surface area contributed by atoms with Crippen LogP contribution < -0.4 is 0 Å². The molecule has 1 amide bonds. The first-order chi connectivity index (χ1) is 11.2. The van der Waals surface area contributed by atoms with Gasteiger partial charge < -0.3 is 4.90 Å². The summed E-state index contributed by atoms with van der Waals surface area (Å²) in [6.07, 6.45) is 6.42. The molecule has 2 fully saturated rings. The normalized spacial score (nSPS) is 27.0. The summed E-state index contributed by atoms with van der Waals surface area (Å²) in [5, 5.41) is 4.23. The third-order valence-electron chi connectivity index (χ3n) is 5.10. The van der Waals surface area contributed by atoms with Gasteiger partial charge in [-0.1, -0.05) is 29.8 Å². The van der Waals surface area contributed by atoms with E-state index in [0.29, 0.717) is 11.8 Å². The highest BCUT2D eigenvalue weighted by Crippen LogP contribution is 2.49. The Labute approximate surface area is 136 Å². The zero-order valence-corrected chi connectivity index (χ0v) is 13.4. The highest BCUT2D eigenvalue weighted by atomic mass is 16.2. The Hall–Kier alpha value is -2.17. The summed E-state index contributed by atoms with van der Waals surface area (Å²) < 4.78 is 1.89. The maximum absolute atomic E-state index is 12.8. The van der Waals surface area contributed by atoms with Gasteiger partial charge in [0.2, 0.25) is 5.91 Å². The topological polar surface area (TPSA) is 51.0 Å². The summed E-state index contributed by atoms with van der Waals surface area (Å²) in [6.45, 7) is 3.75. The van der Waals surface area contributed by atoms with Crippen LogP contribution in [0.15, 0.2) is 36.9 Å². The first-order valence-corrected chi connectivity index (χ1v) is 8.42. The van der Waals surface area contributed by atoms with E-state index in [1.807, 2.05) is 9.58 Å². The van der Waals surface area contributed by atoms with Gasteiger partial charge in [0.15, 0.2) is 0 Å². The molecule has 0 spiro atoms. The quantitative estimate of drug-likeness (QED) is 0.875. The molecule has 0 unspecified atom stereocenters. The second-order valence-electron chi connectivity index (χ2n) is 6.82. The van der Waals surface area contributed by atoms with Gasteiger partial charge in [0, 0.05) is 19.0 Å². The van der Waals surface area contributed by atoms with Crippen molar-refractivity contribution in [1.82, 2.24) is 19.7 Å². The third-order valence-corrected chi connectivity index (χ3v) is 5.10. The van der Waals surface area contributed by atoms with Crippen LogP contribution in [0.2, 0.25) is 0 Å². The van der Waals surface area contributed by atoms with Crippen LogP contribution in [0.3, 0.4) is 0 Å². The molecule has 5 nitrogen and oxygen atoms in total. The van der Waals surface area contributed by atoms with Gasteiger partial charge in [-0.25, -0.2) is 9.67 Å². The van der Waals surface area contributed by atoms with Gasteiger partial charge in [0.1, 0.15) is 12.7 Å². The number of amides is 1. The Kier molecular flexibility index (Phi) is 3.63. The molecule has 1 aliphatic heterocycles. The zero-order valence-electron chi connectivity index (χ0n) is 13.4. The van der Waals surface area contributed by atoms with Crippen molar-refractivity contribution in [3.63, 3.8) is 0 Å². The van der Waals surface area contributed by atoms with Crippen molar-refractivity contribution in [1.29, 1.82) is 0 Å². The molecule has 23 heavy (non-hydrogen) atoms. The number of rotatable bonds is 3. The van der Waals surface area contributed by atoms with Crippen LogP contribution in [-0.2, 0) is 4.79 Å². The molecular weight excluding hydrogens is 288 g/mol. The standard InChI is InChI=1S/C18H22N4O/c1-13-4-2-5-14(8-13)16-9-17(16)18(23)21-7-3-6-15(10-21)22-12-19-11-20-22/h2,4-5,8,11-12,15-17H,3,6-7,9-10H2,1H3/t15-,16+,17+/m1/s1. The first-order valence-electron chi connectivity index (χ1n) is 8.42. The fraction of sp³-hybridized carbons (Fsp3) is 0.500. The average Bonchev–Trinajstić information content (AvgIpc) is 3.19. The summed E-state index contributed by atoms with van der Waals surface area (Å²) in [4.78, 5) is 18.9. The number of likely N-dealkylation sites (tertiary alicyclic amines) is 1. The molecule has 0 N–H and O–H groups in total. The molecule has 1 aromatic carbocycles. The minimum Gasteiger partial charge on any atom is -0.340 e. The maximum Gasteiger partial charge on any atom is 0.226 e. The number of piperidine rings is 1. The smallest absolute Gasteiger partial charge is 0.226 e. The molecule has 120 valence electrons. The van der Waals surface area contributed by atoms with Crippen LogP contribution in [0.5, 0.6) is 0 Å². The van der Waals surface area contributed by atoms with Gasteiger partial charge in [0.05, 0.1) is 6.04 Å². The minimum atomic E-state index is 0.172. The third kappa shape index (κ3) is 2.87. The number of benzene rings is 1. The molecule has 3 atom stereocenters. The monoisotopic (exact) mass is 310 g/mol. The summed E-state index contributed by atoms with van der Waals surface area (Å²) in [5.41, 5.74) is 2.58. The zero-order chi connectivity index (χ0) is 15.8. The lowest BCUT2D eigenvalue weighted by atomic mass is 10.0. The largest absolute Gasteiger partial charge is 0.340 e. The van der Waals surface area contributed by atoms with Crippen molar-refractivity contribution in [2.75, 3.05) is 13.1 Å². The Morgan fingerprint density at radius 3 is 3.04 bits per heavy atom. The number of hydrogen-bond donors (Lipinski definition) is 0. The summed E-state index contributed by atoms with van der Waals surface area (Å²) in [5.74, 6) is 0.904. The summed E-state index contributed by atoms with van der Waals surface area (Å²) >= 11 is 0. The van der Waals surface area contributed by atoms with Crippen LogP contribution >= 0.6 is 0 Å². The molecule has 1 saturated heterocycles. The second kappa shape index (κ2) is 5.80. The van der Waals surface area contributed by atoms with Crippen molar-refractivity contribution in [3.8, 4) is 0 Å². The molecule has 2 aliphatic rings. The Bertz CT molecular complexity index is 697. The summed E-state index contributed by atoms with van der Waals surface area (Å²) in [7, 11) is 0. The van der Waals surface area contributed by atoms with E-state index in [1.165, 1.54) is 11.1 Å². The summed E-state index contributed by atoms with van der Waals surface area (Å²) in [6, 6.07) is 8.83. The van der Waals surface area contributed by atoms with Crippen molar-refractivity contribution in [3.05, 3.63) is 48.0 Å². The van der Waals surface area contributed by atoms with E-state index in [0.717, 1.165) is 32.4 Å². The van der Waals surface area contributed by atoms with Gasteiger partial charge in [-0.2, -0.15) is 5.10 Å². The Balaban J connectivity index is 1.42. The van der Waals surface area contributed by atoms with Crippen LogP contribution in [0.4, 0.5) is 0 Å². The lowest BCUT2D eigenvalue weighted by Gasteiger charge is -2.32.